The molecule has 2 aromatic rings. The van der Waals surface area contributed by atoms with Crippen molar-refractivity contribution in [2.75, 3.05) is 13.7 Å². The van der Waals surface area contributed by atoms with E-state index in [1.807, 2.05) is 24.4 Å². The zero-order valence-electron chi connectivity index (χ0n) is 10.9. The van der Waals surface area contributed by atoms with Gasteiger partial charge in [-0.05, 0) is 31.2 Å². The number of benzene rings is 1. The summed E-state index contributed by atoms with van der Waals surface area (Å²) < 4.78 is 5.30. The first kappa shape index (κ1) is 13.9. The SMILES string of the molecule is COc1ccc(Cl)cc1CNCCCc1ncc[nH]1. The Hall–Kier alpha value is -1.52. The van der Waals surface area contributed by atoms with Crippen LogP contribution in [0.4, 0.5) is 0 Å². The van der Waals surface area contributed by atoms with Crippen molar-refractivity contribution in [3.8, 4) is 5.75 Å². The van der Waals surface area contributed by atoms with Crippen LogP contribution in [-0.2, 0) is 13.0 Å². The molecule has 4 nitrogen and oxygen atoms in total. The summed E-state index contributed by atoms with van der Waals surface area (Å²) in [5, 5.41) is 4.12. The van der Waals surface area contributed by atoms with Crippen LogP contribution in [0.3, 0.4) is 0 Å². The Morgan fingerprint density at radius 3 is 3.05 bits per heavy atom. The van der Waals surface area contributed by atoms with E-state index in [1.165, 1.54) is 0 Å². The van der Waals surface area contributed by atoms with Crippen molar-refractivity contribution in [1.29, 1.82) is 0 Å². The average molecular weight is 280 g/mol. The molecule has 0 radical (unpaired) electrons. The number of methoxy groups -OCH3 is 1. The highest BCUT2D eigenvalue weighted by molar-refractivity contribution is 6.30. The predicted octanol–water partition coefficient (Wildman–Crippen LogP) is 2.79. The number of aryl methyl sites for hydroxylation is 1. The Kier molecular flexibility index (Phi) is 5.24. The molecule has 1 aromatic heterocycles. The van der Waals surface area contributed by atoms with Gasteiger partial charge in [0, 0.05) is 35.9 Å². The van der Waals surface area contributed by atoms with Gasteiger partial charge in [-0.15, -0.1) is 0 Å². The van der Waals surface area contributed by atoms with Crippen LogP contribution in [0.25, 0.3) is 0 Å². The summed E-state index contributed by atoms with van der Waals surface area (Å²) in [6, 6.07) is 5.66. The first-order chi connectivity index (χ1) is 9.29. The van der Waals surface area contributed by atoms with E-state index < -0.39 is 0 Å². The van der Waals surface area contributed by atoms with E-state index in [4.69, 9.17) is 16.3 Å². The fourth-order valence-electron chi connectivity index (χ4n) is 1.92. The van der Waals surface area contributed by atoms with Crippen LogP contribution < -0.4 is 10.1 Å². The molecule has 0 unspecified atom stereocenters. The fourth-order valence-corrected chi connectivity index (χ4v) is 2.12. The molecule has 0 aliphatic carbocycles. The normalized spacial score (nSPS) is 10.6. The van der Waals surface area contributed by atoms with Crippen molar-refractivity contribution in [3.63, 3.8) is 0 Å². The molecule has 2 N–H and O–H groups in total. The number of aromatic amines is 1. The minimum Gasteiger partial charge on any atom is -0.496 e. The van der Waals surface area contributed by atoms with E-state index >= 15 is 0 Å². The van der Waals surface area contributed by atoms with Gasteiger partial charge in [0.2, 0.25) is 0 Å². The number of nitrogens with zero attached hydrogens (tertiary/aromatic N) is 1. The molecule has 0 atom stereocenters. The highest BCUT2D eigenvalue weighted by atomic mass is 35.5. The standard InChI is InChI=1S/C14H18ClN3O/c1-19-13-5-4-12(15)9-11(13)10-16-6-2-3-14-17-7-8-18-14/h4-5,7-9,16H,2-3,6,10H2,1H3,(H,17,18). The van der Waals surface area contributed by atoms with Gasteiger partial charge in [-0.1, -0.05) is 11.6 Å². The van der Waals surface area contributed by atoms with Crippen LogP contribution in [0.5, 0.6) is 5.75 Å². The van der Waals surface area contributed by atoms with E-state index in [1.54, 1.807) is 13.3 Å². The Balaban J connectivity index is 1.74. The van der Waals surface area contributed by atoms with Gasteiger partial charge in [-0.25, -0.2) is 4.98 Å². The number of ether oxygens (including phenoxy) is 1. The quantitative estimate of drug-likeness (QED) is 0.766. The monoisotopic (exact) mass is 279 g/mol. The Bertz CT molecular complexity index is 499. The summed E-state index contributed by atoms with van der Waals surface area (Å²) in [5.74, 6) is 1.89. The van der Waals surface area contributed by atoms with Gasteiger partial charge in [-0.3, -0.25) is 0 Å². The molecule has 102 valence electrons. The molecule has 1 heterocycles. The highest BCUT2D eigenvalue weighted by Crippen LogP contribution is 2.22. The smallest absolute Gasteiger partial charge is 0.123 e. The van der Waals surface area contributed by atoms with E-state index in [0.29, 0.717) is 0 Å². The molecule has 1 aromatic carbocycles. The van der Waals surface area contributed by atoms with Crippen molar-refractivity contribution in [2.45, 2.75) is 19.4 Å². The van der Waals surface area contributed by atoms with Crippen molar-refractivity contribution in [2.24, 2.45) is 0 Å². The van der Waals surface area contributed by atoms with Crippen molar-refractivity contribution in [1.82, 2.24) is 15.3 Å². The first-order valence-corrected chi connectivity index (χ1v) is 6.69. The van der Waals surface area contributed by atoms with Gasteiger partial charge >= 0.3 is 0 Å². The number of aromatic nitrogens is 2. The molecular formula is C14H18ClN3O. The largest absolute Gasteiger partial charge is 0.496 e. The third-order valence-electron chi connectivity index (χ3n) is 2.88. The number of rotatable bonds is 7. The average Bonchev–Trinajstić information content (AvgIpc) is 2.92. The van der Waals surface area contributed by atoms with E-state index in [0.717, 1.165) is 48.1 Å². The van der Waals surface area contributed by atoms with Crippen molar-refractivity contribution >= 4 is 11.6 Å². The summed E-state index contributed by atoms with van der Waals surface area (Å²) in [5.41, 5.74) is 1.08. The zero-order chi connectivity index (χ0) is 13.5. The minimum absolute atomic E-state index is 0.730. The lowest BCUT2D eigenvalue weighted by Gasteiger charge is -2.10. The summed E-state index contributed by atoms with van der Waals surface area (Å²) in [6.07, 6.45) is 5.61. The lowest BCUT2D eigenvalue weighted by Crippen LogP contribution is -2.16. The summed E-state index contributed by atoms with van der Waals surface area (Å²) in [6.45, 7) is 1.68. The third-order valence-corrected chi connectivity index (χ3v) is 3.11. The number of H-pyrrole nitrogens is 1. The number of hydrogen-bond acceptors (Lipinski definition) is 3. The van der Waals surface area contributed by atoms with Gasteiger partial charge in [0.05, 0.1) is 7.11 Å². The second-order valence-corrected chi connectivity index (χ2v) is 4.71. The van der Waals surface area contributed by atoms with Gasteiger partial charge in [0.15, 0.2) is 0 Å². The van der Waals surface area contributed by atoms with Crippen LogP contribution in [0.15, 0.2) is 30.6 Å². The second kappa shape index (κ2) is 7.16. The Morgan fingerprint density at radius 1 is 1.42 bits per heavy atom. The molecule has 0 saturated carbocycles. The van der Waals surface area contributed by atoms with Crippen LogP contribution in [0, 0.1) is 0 Å². The summed E-state index contributed by atoms with van der Waals surface area (Å²) in [4.78, 5) is 7.29. The van der Waals surface area contributed by atoms with E-state index in [9.17, 15) is 0 Å². The Labute approximate surface area is 118 Å². The molecule has 0 amide bonds. The van der Waals surface area contributed by atoms with Crippen LogP contribution in [-0.4, -0.2) is 23.6 Å². The minimum atomic E-state index is 0.730. The van der Waals surface area contributed by atoms with Crippen molar-refractivity contribution < 1.29 is 4.74 Å². The first-order valence-electron chi connectivity index (χ1n) is 6.31. The molecule has 0 saturated heterocycles. The summed E-state index contributed by atoms with van der Waals surface area (Å²) in [7, 11) is 1.67. The van der Waals surface area contributed by atoms with Gasteiger partial charge in [-0.2, -0.15) is 0 Å². The molecule has 0 bridgehead atoms. The lowest BCUT2D eigenvalue weighted by molar-refractivity contribution is 0.407. The highest BCUT2D eigenvalue weighted by Gasteiger charge is 2.03. The lowest BCUT2D eigenvalue weighted by atomic mass is 10.2. The second-order valence-electron chi connectivity index (χ2n) is 4.27. The van der Waals surface area contributed by atoms with Gasteiger partial charge in [0.25, 0.3) is 0 Å². The van der Waals surface area contributed by atoms with Crippen molar-refractivity contribution in [3.05, 3.63) is 47.0 Å². The van der Waals surface area contributed by atoms with Gasteiger partial charge < -0.3 is 15.0 Å². The third kappa shape index (κ3) is 4.26. The van der Waals surface area contributed by atoms with Crippen LogP contribution in [0.2, 0.25) is 5.02 Å². The topological polar surface area (TPSA) is 49.9 Å². The Morgan fingerprint density at radius 2 is 2.32 bits per heavy atom. The van der Waals surface area contributed by atoms with Crippen LogP contribution >= 0.6 is 11.6 Å². The number of halogens is 1. The molecular weight excluding hydrogens is 262 g/mol. The van der Waals surface area contributed by atoms with E-state index in [2.05, 4.69) is 15.3 Å². The maximum absolute atomic E-state index is 5.99. The molecule has 0 aliphatic heterocycles. The molecule has 0 spiro atoms. The molecule has 0 fully saturated rings. The molecule has 5 heteroatoms. The molecule has 2 rings (SSSR count). The predicted molar refractivity (Wildman–Crippen MR) is 76.6 cm³/mol. The number of nitrogens with one attached hydrogen (secondary N) is 2. The number of imidazole rings is 1. The molecule has 0 aliphatic rings. The van der Waals surface area contributed by atoms with E-state index in [-0.39, 0.29) is 0 Å². The zero-order valence-corrected chi connectivity index (χ0v) is 11.7. The van der Waals surface area contributed by atoms with Gasteiger partial charge in [0.1, 0.15) is 11.6 Å². The fraction of sp³-hybridized carbons (Fsp3) is 0.357. The number of hydrogen-bond donors (Lipinski definition) is 2. The maximum atomic E-state index is 5.99. The summed E-state index contributed by atoms with van der Waals surface area (Å²) >= 11 is 5.99. The van der Waals surface area contributed by atoms with Crippen LogP contribution in [0.1, 0.15) is 17.8 Å². The maximum Gasteiger partial charge on any atom is 0.123 e. The molecule has 19 heavy (non-hydrogen) atoms.